The van der Waals surface area contributed by atoms with E-state index in [9.17, 15) is 14.4 Å². The van der Waals surface area contributed by atoms with Crippen LogP contribution in [0.3, 0.4) is 0 Å². The first-order valence-corrected chi connectivity index (χ1v) is 8.96. The van der Waals surface area contributed by atoms with Crippen LogP contribution in [-0.4, -0.2) is 41.0 Å². The molecule has 0 N–H and O–H groups in total. The number of esters is 1. The number of rotatable bonds is 5. The second-order valence-corrected chi connectivity index (χ2v) is 7.14. The van der Waals surface area contributed by atoms with Gasteiger partial charge in [0.05, 0.1) is 11.9 Å². The summed E-state index contributed by atoms with van der Waals surface area (Å²) in [5.41, 5.74) is 1.12. The molecule has 0 aliphatic carbocycles. The Morgan fingerprint density at radius 2 is 1.88 bits per heavy atom. The first-order chi connectivity index (χ1) is 12.4. The van der Waals surface area contributed by atoms with Gasteiger partial charge >= 0.3 is 11.7 Å². The van der Waals surface area contributed by atoms with Crippen LogP contribution in [0, 0.1) is 11.8 Å². The van der Waals surface area contributed by atoms with Crippen LogP contribution in [-0.2, 0) is 20.9 Å². The minimum Gasteiger partial charge on any atom is -0.456 e. The number of benzene rings is 1. The molecule has 2 aromatic rings. The zero-order chi connectivity index (χ0) is 18.7. The lowest BCUT2D eigenvalue weighted by atomic mass is 9.92. The predicted molar refractivity (Wildman–Crippen MR) is 95.6 cm³/mol. The van der Waals surface area contributed by atoms with Crippen LogP contribution < -0.4 is 5.76 Å². The smallest absolute Gasteiger partial charge is 0.419 e. The van der Waals surface area contributed by atoms with E-state index in [0.29, 0.717) is 36.0 Å². The van der Waals surface area contributed by atoms with Crippen LogP contribution in [0.15, 0.2) is 33.5 Å². The fraction of sp³-hybridized carbons (Fsp3) is 0.526. The molecule has 7 heteroatoms. The molecule has 3 rings (SSSR count). The quantitative estimate of drug-likeness (QED) is 0.762. The molecule has 1 amide bonds. The number of piperidine rings is 1. The third-order valence-electron chi connectivity index (χ3n) is 4.69. The SMILES string of the molecule is C[C@@H]1C[C@@H](C)CN(C(=O)COC(=O)CCn2c(=O)oc3ccccc32)C1. The fourth-order valence-electron chi connectivity index (χ4n) is 3.60. The van der Waals surface area contributed by atoms with Gasteiger partial charge in [-0.15, -0.1) is 0 Å². The molecular weight excluding hydrogens is 336 g/mol. The highest BCUT2D eigenvalue weighted by Crippen LogP contribution is 2.21. The maximum absolute atomic E-state index is 12.2. The van der Waals surface area contributed by atoms with Gasteiger partial charge in [-0.25, -0.2) is 4.79 Å². The van der Waals surface area contributed by atoms with E-state index in [0.717, 1.165) is 6.42 Å². The number of carbonyl (C=O) groups excluding carboxylic acids is 2. The van der Waals surface area contributed by atoms with Gasteiger partial charge in [-0.05, 0) is 30.4 Å². The summed E-state index contributed by atoms with van der Waals surface area (Å²) < 4.78 is 11.6. The Morgan fingerprint density at radius 1 is 1.19 bits per heavy atom. The van der Waals surface area contributed by atoms with Gasteiger partial charge in [0.15, 0.2) is 12.2 Å². The van der Waals surface area contributed by atoms with Gasteiger partial charge in [0, 0.05) is 19.6 Å². The van der Waals surface area contributed by atoms with Crippen LogP contribution in [0.2, 0.25) is 0 Å². The van der Waals surface area contributed by atoms with Crippen molar-refractivity contribution in [2.75, 3.05) is 19.7 Å². The van der Waals surface area contributed by atoms with Crippen LogP contribution in [0.25, 0.3) is 11.1 Å². The standard InChI is InChI=1S/C19H24N2O5/c1-13-9-14(2)11-20(10-13)17(22)12-25-18(23)7-8-21-15-5-3-4-6-16(15)26-19(21)24/h3-6,13-14H,7-12H2,1-2H3/t13-,14-/m1/s1. The molecule has 2 heterocycles. The molecule has 0 saturated carbocycles. The van der Waals surface area contributed by atoms with E-state index in [4.69, 9.17) is 9.15 Å². The highest BCUT2D eigenvalue weighted by Gasteiger charge is 2.25. The summed E-state index contributed by atoms with van der Waals surface area (Å²) in [4.78, 5) is 37.8. The Morgan fingerprint density at radius 3 is 2.62 bits per heavy atom. The summed E-state index contributed by atoms with van der Waals surface area (Å²) in [6.45, 7) is 5.55. The lowest BCUT2D eigenvalue weighted by molar-refractivity contribution is -0.153. The van der Waals surface area contributed by atoms with E-state index in [1.165, 1.54) is 4.57 Å². The summed E-state index contributed by atoms with van der Waals surface area (Å²) in [7, 11) is 0. The third kappa shape index (κ3) is 4.15. The lowest BCUT2D eigenvalue weighted by Gasteiger charge is -2.34. The molecule has 1 aromatic heterocycles. The number of aromatic nitrogens is 1. The molecule has 0 unspecified atom stereocenters. The molecule has 0 bridgehead atoms. The number of ether oxygens (including phenoxy) is 1. The largest absolute Gasteiger partial charge is 0.456 e. The highest BCUT2D eigenvalue weighted by atomic mass is 16.5. The van der Waals surface area contributed by atoms with Gasteiger partial charge < -0.3 is 14.1 Å². The van der Waals surface area contributed by atoms with Gasteiger partial charge in [-0.1, -0.05) is 26.0 Å². The van der Waals surface area contributed by atoms with Crippen LogP contribution in [0.1, 0.15) is 26.7 Å². The number of oxazole rings is 1. The minimum absolute atomic E-state index is 0.00349. The number of hydrogen-bond donors (Lipinski definition) is 0. The van der Waals surface area contributed by atoms with Crippen molar-refractivity contribution in [3.8, 4) is 0 Å². The Bertz CT molecular complexity index is 843. The molecule has 1 aromatic carbocycles. The number of aryl methyl sites for hydroxylation is 1. The van der Waals surface area contributed by atoms with Crippen LogP contribution >= 0.6 is 0 Å². The van der Waals surface area contributed by atoms with Gasteiger partial charge in [0.25, 0.3) is 5.91 Å². The number of amides is 1. The van der Waals surface area contributed by atoms with E-state index in [1.807, 2.05) is 0 Å². The molecule has 26 heavy (non-hydrogen) atoms. The van der Waals surface area contributed by atoms with Crippen molar-refractivity contribution in [3.05, 3.63) is 34.8 Å². The maximum atomic E-state index is 12.2. The van der Waals surface area contributed by atoms with Crippen molar-refractivity contribution in [3.63, 3.8) is 0 Å². The van der Waals surface area contributed by atoms with Gasteiger partial charge in [0.1, 0.15) is 0 Å². The van der Waals surface area contributed by atoms with E-state index >= 15 is 0 Å². The maximum Gasteiger partial charge on any atom is 0.419 e. The first kappa shape index (κ1) is 18.2. The van der Waals surface area contributed by atoms with Gasteiger partial charge in [0.2, 0.25) is 0 Å². The third-order valence-corrected chi connectivity index (χ3v) is 4.69. The van der Waals surface area contributed by atoms with E-state index in [1.54, 1.807) is 29.2 Å². The second-order valence-electron chi connectivity index (χ2n) is 7.14. The van der Waals surface area contributed by atoms with Crippen molar-refractivity contribution in [2.45, 2.75) is 33.2 Å². The average Bonchev–Trinajstić information content (AvgIpc) is 2.92. The molecule has 1 aliphatic heterocycles. The predicted octanol–water partition coefficient (Wildman–Crippen LogP) is 2.03. The molecule has 7 nitrogen and oxygen atoms in total. The summed E-state index contributed by atoms with van der Waals surface area (Å²) in [5.74, 6) is -0.262. The van der Waals surface area contributed by atoms with Gasteiger partial charge in [-0.3, -0.25) is 14.2 Å². The van der Waals surface area contributed by atoms with E-state index in [2.05, 4.69) is 13.8 Å². The Hall–Kier alpha value is -2.57. The number of nitrogens with zero attached hydrogens (tertiary/aromatic N) is 2. The zero-order valence-electron chi connectivity index (χ0n) is 15.1. The fourth-order valence-corrected chi connectivity index (χ4v) is 3.60. The van der Waals surface area contributed by atoms with Crippen molar-refractivity contribution in [1.29, 1.82) is 0 Å². The van der Waals surface area contributed by atoms with E-state index in [-0.39, 0.29) is 25.5 Å². The van der Waals surface area contributed by atoms with Crippen LogP contribution in [0.5, 0.6) is 0 Å². The van der Waals surface area contributed by atoms with Crippen molar-refractivity contribution < 1.29 is 18.7 Å². The average molecular weight is 360 g/mol. The Balaban J connectivity index is 1.50. The number of likely N-dealkylation sites (tertiary alicyclic amines) is 1. The van der Waals surface area contributed by atoms with Crippen molar-refractivity contribution >= 4 is 23.0 Å². The van der Waals surface area contributed by atoms with Crippen molar-refractivity contribution in [1.82, 2.24) is 9.47 Å². The van der Waals surface area contributed by atoms with E-state index < -0.39 is 11.7 Å². The minimum atomic E-state index is -0.508. The lowest BCUT2D eigenvalue weighted by Crippen LogP contribution is -2.44. The molecule has 0 radical (unpaired) electrons. The van der Waals surface area contributed by atoms with Crippen molar-refractivity contribution in [2.24, 2.45) is 11.8 Å². The molecule has 0 spiro atoms. The number of fused-ring (bicyclic) bond motifs is 1. The van der Waals surface area contributed by atoms with Gasteiger partial charge in [-0.2, -0.15) is 0 Å². The Labute approximate surface area is 151 Å². The molecule has 140 valence electrons. The summed E-state index contributed by atoms with van der Waals surface area (Å²) in [6, 6.07) is 7.03. The normalized spacial score (nSPS) is 20.3. The topological polar surface area (TPSA) is 81.8 Å². The number of para-hydroxylation sites is 2. The first-order valence-electron chi connectivity index (χ1n) is 8.96. The molecular formula is C19H24N2O5. The molecule has 1 saturated heterocycles. The highest BCUT2D eigenvalue weighted by molar-refractivity contribution is 5.81. The molecule has 1 fully saturated rings. The molecule has 1 aliphatic rings. The summed E-state index contributed by atoms with van der Waals surface area (Å²) >= 11 is 0. The summed E-state index contributed by atoms with van der Waals surface area (Å²) in [6.07, 6.45) is 1.11. The number of carbonyl (C=O) groups is 2. The summed E-state index contributed by atoms with van der Waals surface area (Å²) in [5, 5.41) is 0. The second kappa shape index (κ2) is 7.76. The zero-order valence-corrected chi connectivity index (χ0v) is 15.1. The number of hydrogen-bond acceptors (Lipinski definition) is 5. The van der Waals surface area contributed by atoms with Crippen LogP contribution in [0.4, 0.5) is 0 Å². The monoisotopic (exact) mass is 360 g/mol. The molecule has 2 atom stereocenters. The Kier molecular flexibility index (Phi) is 5.44.